The van der Waals surface area contributed by atoms with Crippen LogP contribution in [0, 0.1) is 0 Å². The molecule has 1 heteroatoms. The summed E-state index contributed by atoms with van der Waals surface area (Å²) < 4.78 is 0. The van der Waals surface area contributed by atoms with Crippen LogP contribution in [-0.4, -0.2) is 6.54 Å². The smallest absolute Gasteiger partial charge is 0.0205 e. The number of hydrogen-bond acceptors (Lipinski definition) is 1. The number of rotatable bonds is 8. The summed E-state index contributed by atoms with van der Waals surface area (Å²) in [5, 5.41) is 3.47. The number of hydrogen-bond donors (Lipinski definition) is 1. The molecule has 1 rings (SSSR count). The summed E-state index contributed by atoms with van der Waals surface area (Å²) in [6.07, 6.45) is 7.18. The van der Waals surface area contributed by atoms with Gasteiger partial charge in [-0.3, -0.25) is 0 Å². The first-order chi connectivity index (χ1) is 7.86. The van der Waals surface area contributed by atoms with Crippen molar-refractivity contribution in [1.29, 1.82) is 0 Å². The molecule has 1 N–H and O–H groups in total. The van der Waals surface area contributed by atoms with E-state index in [1.54, 1.807) is 0 Å². The lowest BCUT2D eigenvalue weighted by molar-refractivity contribution is 0.598. The molecule has 0 aromatic heterocycles. The van der Waals surface area contributed by atoms with Crippen LogP contribution in [0.25, 0.3) is 6.08 Å². The van der Waals surface area contributed by atoms with Crippen molar-refractivity contribution in [2.45, 2.75) is 39.2 Å². The zero-order chi connectivity index (χ0) is 11.6. The van der Waals surface area contributed by atoms with Crippen LogP contribution in [0.15, 0.2) is 30.8 Å². The van der Waals surface area contributed by atoms with Crippen LogP contribution in [0.2, 0.25) is 0 Å². The van der Waals surface area contributed by atoms with Gasteiger partial charge in [-0.25, -0.2) is 0 Å². The van der Waals surface area contributed by atoms with Gasteiger partial charge >= 0.3 is 0 Å². The lowest BCUT2D eigenvalue weighted by Crippen LogP contribution is -2.14. The van der Waals surface area contributed by atoms with Crippen LogP contribution in [0.1, 0.15) is 43.7 Å². The van der Waals surface area contributed by atoms with Crippen molar-refractivity contribution in [3.63, 3.8) is 0 Å². The SMILES string of the molecule is C=Cc1ccc(CNCCCCCC)cc1. The zero-order valence-corrected chi connectivity index (χ0v) is 10.3. The highest BCUT2D eigenvalue weighted by Crippen LogP contribution is 2.05. The van der Waals surface area contributed by atoms with Crippen LogP contribution in [0.5, 0.6) is 0 Å². The second kappa shape index (κ2) is 8.12. The van der Waals surface area contributed by atoms with Crippen LogP contribution in [0.4, 0.5) is 0 Å². The number of benzene rings is 1. The molecule has 0 aliphatic carbocycles. The Balaban J connectivity index is 2.14. The van der Waals surface area contributed by atoms with Gasteiger partial charge in [0.05, 0.1) is 0 Å². The lowest BCUT2D eigenvalue weighted by Gasteiger charge is -2.05. The van der Waals surface area contributed by atoms with Gasteiger partial charge in [-0.2, -0.15) is 0 Å². The van der Waals surface area contributed by atoms with Crippen molar-refractivity contribution in [2.24, 2.45) is 0 Å². The second-order valence-electron chi connectivity index (χ2n) is 4.18. The minimum absolute atomic E-state index is 0.976. The summed E-state index contributed by atoms with van der Waals surface area (Å²) in [4.78, 5) is 0. The fourth-order valence-corrected chi connectivity index (χ4v) is 1.68. The molecule has 0 atom stereocenters. The van der Waals surface area contributed by atoms with Crippen molar-refractivity contribution in [3.8, 4) is 0 Å². The Morgan fingerprint density at radius 1 is 1.12 bits per heavy atom. The third-order valence-corrected chi connectivity index (χ3v) is 2.75. The van der Waals surface area contributed by atoms with Crippen molar-refractivity contribution >= 4 is 6.08 Å². The Morgan fingerprint density at radius 2 is 1.88 bits per heavy atom. The van der Waals surface area contributed by atoms with E-state index in [1.807, 2.05) is 6.08 Å². The van der Waals surface area contributed by atoms with Gasteiger partial charge in [0.25, 0.3) is 0 Å². The third-order valence-electron chi connectivity index (χ3n) is 2.75. The van der Waals surface area contributed by atoms with Gasteiger partial charge in [0, 0.05) is 6.54 Å². The van der Waals surface area contributed by atoms with Crippen LogP contribution >= 0.6 is 0 Å². The number of nitrogens with one attached hydrogen (secondary N) is 1. The van der Waals surface area contributed by atoms with E-state index in [4.69, 9.17) is 0 Å². The molecule has 0 aliphatic heterocycles. The monoisotopic (exact) mass is 217 g/mol. The Labute approximate surface area is 99.6 Å². The fourth-order valence-electron chi connectivity index (χ4n) is 1.68. The van der Waals surface area contributed by atoms with Crippen molar-refractivity contribution < 1.29 is 0 Å². The molecule has 0 unspecified atom stereocenters. The predicted octanol–water partition coefficient (Wildman–Crippen LogP) is 4.00. The Kier molecular flexibility index (Phi) is 6.59. The molecule has 0 fully saturated rings. The Morgan fingerprint density at radius 3 is 2.50 bits per heavy atom. The summed E-state index contributed by atoms with van der Waals surface area (Å²) in [5.41, 5.74) is 2.53. The van der Waals surface area contributed by atoms with E-state index in [0.29, 0.717) is 0 Å². The van der Waals surface area contributed by atoms with E-state index < -0.39 is 0 Å². The maximum Gasteiger partial charge on any atom is 0.0205 e. The van der Waals surface area contributed by atoms with E-state index in [1.165, 1.54) is 36.8 Å². The molecule has 0 heterocycles. The molecule has 1 aromatic rings. The average molecular weight is 217 g/mol. The molecule has 0 spiro atoms. The maximum atomic E-state index is 3.75. The highest BCUT2D eigenvalue weighted by atomic mass is 14.8. The maximum absolute atomic E-state index is 3.75. The molecule has 0 bridgehead atoms. The molecule has 0 saturated heterocycles. The predicted molar refractivity (Wildman–Crippen MR) is 72.4 cm³/mol. The molecule has 1 nitrogen and oxygen atoms in total. The minimum Gasteiger partial charge on any atom is -0.313 e. The van der Waals surface area contributed by atoms with Gasteiger partial charge in [0.1, 0.15) is 0 Å². The van der Waals surface area contributed by atoms with Gasteiger partial charge in [-0.1, -0.05) is 63.1 Å². The minimum atomic E-state index is 0.976. The van der Waals surface area contributed by atoms with E-state index in [-0.39, 0.29) is 0 Å². The molecular formula is C15H23N. The topological polar surface area (TPSA) is 12.0 Å². The summed E-state index contributed by atoms with van der Waals surface area (Å²) in [7, 11) is 0. The van der Waals surface area contributed by atoms with Gasteiger partial charge in [0.2, 0.25) is 0 Å². The summed E-state index contributed by atoms with van der Waals surface area (Å²) >= 11 is 0. The van der Waals surface area contributed by atoms with Gasteiger partial charge < -0.3 is 5.32 Å². The fraction of sp³-hybridized carbons (Fsp3) is 0.467. The first-order valence-electron chi connectivity index (χ1n) is 6.29. The van der Waals surface area contributed by atoms with E-state index in [0.717, 1.165) is 13.1 Å². The highest BCUT2D eigenvalue weighted by Gasteiger charge is 1.92. The summed E-state index contributed by atoms with van der Waals surface area (Å²) in [6, 6.07) is 8.55. The molecule has 88 valence electrons. The quantitative estimate of drug-likeness (QED) is 0.649. The van der Waals surface area contributed by atoms with E-state index in [9.17, 15) is 0 Å². The zero-order valence-electron chi connectivity index (χ0n) is 10.3. The van der Waals surface area contributed by atoms with Gasteiger partial charge in [-0.05, 0) is 24.1 Å². The molecule has 0 saturated carbocycles. The van der Waals surface area contributed by atoms with Crippen LogP contribution in [0.3, 0.4) is 0 Å². The molecule has 0 radical (unpaired) electrons. The van der Waals surface area contributed by atoms with Gasteiger partial charge in [0.15, 0.2) is 0 Å². The van der Waals surface area contributed by atoms with Crippen molar-refractivity contribution in [3.05, 3.63) is 42.0 Å². The standard InChI is InChI=1S/C15H23N/c1-3-5-6-7-12-16-13-15-10-8-14(4-2)9-11-15/h4,8-11,16H,2-3,5-7,12-13H2,1H3. The number of unbranched alkanes of at least 4 members (excludes halogenated alkanes) is 3. The van der Waals surface area contributed by atoms with E-state index >= 15 is 0 Å². The molecule has 0 aliphatic rings. The van der Waals surface area contributed by atoms with Crippen LogP contribution < -0.4 is 5.32 Å². The molecule has 0 amide bonds. The Bertz CT molecular complexity index is 287. The molecule has 16 heavy (non-hydrogen) atoms. The highest BCUT2D eigenvalue weighted by molar-refractivity contribution is 5.47. The third kappa shape index (κ3) is 5.13. The van der Waals surface area contributed by atoms with Crippen molar-refractivity contribution in [1.82, 2.24) is 5.32 Å². The Hall–Kier alpha value is -1.08. The van der Waals surface area contributed by atoms with E-state index in [2.05, 4.69) is 43.1 Å². The first-order valence-corrected chi connectivity index (χ1v) is 6.29. The molecule has 1 aromatic carbocycles. The second-order valence-corrected chi connectivity index (χ2v) is 4.18. The lowest BCUT2D eigenvalue weighted by atomic mass is 10.1. The average Bonchev–Trinajstić information content (AvgIpc) is 2.34. The van der Waals surface area contributed by atoms with Gasteiger partial charge in [-0.15, -0.1) is 0 Å². The summed E-state index contributed by atoms with van der Waals surface area (Å²) in [6.45, 7) is 8.10. The summed E-state index contributed by atoms with van der Waals surface area (Å²) in [5.74, 6) is 0. The largest absolute Gasteiger partial charge is 0.313 e. The first kappa shape index (κ1) is 13.0. The van der Waals surface area contributed by atoms with Crippen molar-refractivity contribution in [2.75, 3.05) is 6.54 Å². The van der Waals surface area contributed by atoms with Crippen LogP contribution in [-0.2, 0) is 6.54 Å². The molecular weight excluding hydrogens is 194 g/mol. The normalized spacial score (nSPS) is 10.3.